The Kier molecular flexibility index (Phi) is 3.37. The quantitative estimate of drug-likeness (QED) is 0.872. The van der Waals surface area contributed by atoms with Crippen LogP contribution in [-0.4, -0.2) is 23.5 Å². The van der Waals surface area contributed by atoms with Crippen LogP contribution in [0.4, 0.5) is 4.39 Å². The molecule has 0 aliphatic carbocycles. The summed E-state index contributed by atoms with van der Waals surface area (Å²) in [5, 5.41) is 8.53. The summed E-state index contributed by atoms with van der Waals surface area (Å²) in [7, 11) is 0. The predicted octanol–water partition coefficient (Wildman–Crippen LogP) is 2.16. The molecule has 0 saturated heterocycles. The molecule has 4 nitrogen and oxygen atoms in total. The maximum Gasteiger partial charge on any atom is 0.303 e. The van der Waals surface area contributed by atoms with E-state index in [-0.39, 0.29) is 24.8 Å². The van der Waals surface area contributed by atoms with Crippen LogP contribution in [-0.2, 0) is 9.53 Å². The van der Waals surface area contributed by atoms with Crippen molar-refractivity contribution < 1.29 is 19.0 Å². The first kappa shape index (κ1) is 11.6. The van der Waals surface area contributed by atoms with Crippen molar-refractivity contribution in [2.24, 2.45) is 4.99 Å². The third-order valence-electron chi connectivity index (χ3n) is 2.48. The SMILES string of the molecule is O=C(O)CCC1=NCC(c2cccc(F)c2)O1. The molecule has 5 heteroatoms. The number of hydrogen-bond acceptors (Lipinski definition) is 3. The fourth-order valence-electron chi connectivity index (χ4n) is 1.66. The topological polar surface area (TPSA) is 58.9 Å². The number of carbonyl (C=O) groups is 1. The van der Waals surface area contributed by atoms with Crippen molar-refractivity contribution in [3.05, 3.63) is 35.6 Å². The molecule has 1 N–H and O–H groups in total. The van der Waals surface area contributed by atoms with Gasteiger partial charge in [-0.15, -0.1) is 0 Å². The summed E-state index contributed by atoms with van der Waals surface area (Å²) in [6.45, 7) is 0.415. The molecular formula is C12H12FNO3. The van der Waals surface area contributed by atoms with Gasteiger partial charge in [0.25, 0.3) is 0 Å². The van der Waals surface area contributed by atoms with Gasteiger partial charge >= 0.3 is 5.97 Å². The molecule has 1 aliphatic heterocycles. The first-order chi connectivity index (χ1) is 8.15. The van der Waals surface area contributed by atoms with Gasteiger partial charge in [0.2, 0.25) is 0 Å². The van der Waals surface area contributed by atoms with Gasteiger partial charge in [0, 0.05) is 6.42 Å². The van der Waals surface area contributed by atoms with Gasteiger partial charge in [-0.3, -0.25) is 9.79 Å². The van der Waals surface area contributed by atoms with Crippen molar-refractivity contribution in [2.45, 2.75) is 18.9 Å². The maximum absolute atomic E-state index is 13.0. The lowest BCUT2D eigenvalue weighted by atomic mass is 10.1. The molecule has 1 unspecified atom stereocenters. The summed E-state index contributed by atoms with van der Waals surface area (Å²) in [5.74, 6) is -0.766. The number of nitrogens with zero attached hydrogens (tertiary/aromatic N) is 1. The molecule has 0 aromatic heterocycles. The minimum Gasteiger partial charge on any atom is -0.481 e. The Labute approximate surface area is 97.7 Å². The average Bonchev–Trinajstić information content (AvgIpc) is 2.75. The van der Waals surface area contributed by atoms with Crippen LogP contribution in [0.1, 0.15) is 24.5 Å². The lowest BCUT2D eigenvalue weighted by Gasteiger charge is -2.11. The van der Waals surface area contributed by atoms with E-state index in [2.05, 4.69) is 4.99 Å². The molecule has 1 heterocycles. The normalized spacial score (nSPS) is 18.6. The summed E-state index contributed by atoms with van der Waals surface area (Å²) >= 11 is 0. The monoisotopic (exact) mass is 237 g/mol. The van der Waals surface area contributed by atoms with Crippen molar-refractivity contribution in [3.8, 4) is 0 Å². The zero-order valence-corrected chi connectivity index (χ0v) is 9.10. The molecule has 0 radical (unpaired) electrons. The molecule has 1 aromatic rings. The Morgan fingerprint density at radius 2 is 2.41 bits per heavy atom. The first-order valence-corrected chi connectivity index (χ1v) is 5.32. The summed E-state index contributed by atoms with van der Waals surface area (Å²) in [6.07, 6.45) is -0.0231. The molecule has 90 valence electrons. The fourth-order valence-corrected chi connectivity index (χ4v) is 1.66. The van der Waals surface area contributed by atoms with Gasteiger partial charge in [0.05, 0.1) is 13.0 Å². The van der Waals surface area contributed by atoms with E-state index < -0.39 is 5.97 Å². The van der Waals surface area contributed by atoms with Gasteiger partial charge in [0.1, 0.15) is 11.9 Å². The molecule has 0 spiro atoms. The Balaban J connectivity index is 1.94. The molecule has 17 heavy (non-hydrogen) atoms. The lowest BCUT2D eigenvalue weighted by molar-refractivity contribution is -0.136. The zero-order chi connectivity index (χ0) is 12.3. The van der Waals surface area contributed by atoms with Crippen molar-refractivity contribution in [1.82, 2.24) is 0 Å². The maximum atomic E-state index is 13.0. The second-order valence-corrected chi connectivity index (χ2v) is 3.79. The molecule has 1 aromatic carbocycles. The molecule has 2 rings (SSSR count). The van der Waals surface area contributed by atoms with E-state index >= 15 is 0 Å². The summed E-state index contributed by atoms with van der Waals surface area (Å²) < 4.78 is 18.5. The fraction of sp³-hybridized carbons (Fsp3) is 0.333. The minimum absolute atomic E-state index is 0.00525. The number of benzene rings is 1. The number of halogens is 1. The standard InChI is InChI=1S/C12H12FNO3/c13-9-3-1-2-8(6-9)10-7-14-11(17-10)4-5-12(15)16/h1-3,6,10H,4-5,7H2,(H,15,16). The van der Waals surface area contributed by atoms with E-state index in [1.54, 1.807) is 12.1 Å². The Morgan fingerprint density at radius 3 is 3.12 bits per heavy atom. The number of carboxylic acids is 1. The second-order valence-electron chi connectivity index (χ2n) is 3.79. The van der Waals surface area contributed by atoms with Crippen LogP contribution in [0.15, 0.2) is 29.3 Å². The molecular weight excluding hydrogens is 225 g/mol. The van der Waals surface area contributed by atoms with Crippen LogP contribution in [0.25, 0.3) is 0 Å². The first-order valence-electron chi connectivity index (χ1n) is 5.32. The van der Waals surface area contributed by atoms with Gasteiger partial charge in [-0.2, -0.15) is 0 Å². The molecule has 0 bridgehead atoms. The van der Waals surface area contributed by atoms with E-state index in [4.69, 9.17) is 9.84 Å². The summed E-state index contributed by atoms with van der Waals surface area (Å²) in [4.78, 5) is 14.5. The molecule has 1 aliphatic rings. The van der Waals surface area contributed by atoms with Crippen LogP contribution < -0.4 is 0 Å². The second kappa shape index (κ2) is 4.95. The number of rotatable bonds is 4. The van der Waals surface area contributed by atoms with Crippen molar-refractivity contribution in [2.75, 3.05) is 6.54 Å². The van der Waals surface area contributed by atoms with Gasteiger partial charge in [0.15, 0.2) is 5.90 Å². The Bertz CT molecular complexity index is 459. The van der Waals surface area contributed by atoms with E-state index in [1.807, 2.05) is 0 Å². The highest BCUT2D eigenvalue weighted by Gasteiger charge is 2.22. The molecule has 0 saturated carbocycles. The minimum atomic E-state index is -0.884. The Morgan fingerprint density at radius 1 is 1.59 bits per heavy atom. The third-order valence-corrected chi connectivity index (χ3v) is 2.48. The van der Waals surface area contributed by atoms with Crippen molar-refractivity contribution in [1.29, 1.82) is 0 Å². The summed E-state index contributed by atoms with van der Waals surface area (Å²) in [5.41, 5.74) is 0.721. The van der Waals surface area contributed by atoms with Gasteiger partial charge < -0.3 is 9.84 Å². The van der Waals surface area contributed by atoms with E-state index in [1.165, 1.54) is 12.1 Å². The zero-order valence-electron chi connectivity index (χ0n) is 9.10. The lowest BCUT2D eigenvalue weighted by Crippen LogP contribution is -2.07. The molecule has 1 atom stereocenters. The number of ether oxygens (including phenoxy) is 1. The highest BCUT2D eigenvalue weighted by molar-refractivity contribution is 5.81. The summed E-state index contributed by atoms with van der Waals surface area (Å²) in [6, 6.07) is 6.15. The number of aliphatic imine (C=N–C) groups is 1. The van der Waals surface area contributed by atoms with Gasteiger partial charge in [-0.05, 0) is 17.7 Å². The van der Waals surface area contributed by atoms with Crippen LogP contribution in [0.3, 0.4) is 0 Å². The predicted molar refractivity (Wildman–Crippen MR) is 59.4 cm³/mol. The highest BCUT2D eigenvalue weighted by Crippen LogP contribution is 2.24. The number of hydrogen-bond donors (Lipinski definition) is 1. The van der Waals surface area contributed by atoms with E-state index in [0.717, 1.165) is 5.56 Å². The Hall–Kier alpha value is -1.91. The number of carboxylic acid groups (broad SMARTS) is 1. The van der Waals surface area contributed by atoms with Crippen molar-refractivity contribution in [3.63, 3.8) is 0 Å². The number of aliphatic carboxylic acids is 1. The molecule has 0 amide bonds. The van der Waals surface area contributed by atoms with Crippen LogP contribution in [0.5, 0.6) is 0 Å². The smallest absolute Gasteiger partial charge is 0.303 e. The van der Waals surface area contributed by atoms with Crippen LogP contribution in [0, 0.1) is 5.82 Å². The average molecular weight is 237 g/mol. The molecule has 0 fully saturated rings. The van der Waals surface area contributed by atoms with Gasteiger partial charge in [-0.25, -0.2) is 4.39 Å². The third kappa shape index (κ3) is 3.03. The highest BCUT2D eigenvalue weighted by atomic mass is 19.1. The largest absolute Gasteiger partial charge is 0.481 e. The van der Waals surface area contributed by atoms with Gasteiger partial charge in [-0.1, -0.05) is 12.1 Å². The van der Waals surface area contributed by atoms with E-state index in [0.29, 0.717) is 12.4 Å². The van der Waals surface area contributed by atoms with Crippen LogP contribution in [0.2, 0.25) is 0 Å². The van der Waals surface area contributed by atoms with Crippen LogP contribution >= 0.6 is 0 Å². The van der Waals surface area contributed by atoms with E-state index in [9.17, 15) is 9.18 Å². The van der Waals surface area contributed by atoms with Crippen molar-refractivity contribution >= 4 is 11.9 Å².